The lowest BCUT2D eigenvalue weighted by molar-refractivity contribution is -0.870. The Morgan fingerprint density at radius 2 is 1.02 bits per heavy atom. The lowest BCUT2D eigenvalue weighted by Crippen LogP contribution is -2.37. The summed E-state index contributed by atoms with van der Waals surface area (Å²) in [6, 6.07) is 0. The molecule has 0 saturated heterocycles. The van der Waals surface area contributed by atoms with Crippen LogP contribution in [0.5, 0.6) is 0 Å². The number of carbonyl (C=O) groups excluding carboxylic acids is 1. The second-order valence-electron chi connectivity index (χ2n) is 16.4. The summed E-state index contributed by atoms with van der Waals surface area (Å²) in [5.41, 5.74) is 0. The zero-order chi connectivity index (χ0) is 40.6. The Balaban J connectivity index is 4.23. The van der Waals surface area contributed by atoms with Crippen molar-refractivity contribution in [3.05, 3.63) is 36.5 Å². The van der Waals surface area contributed by atoms with Gasteiger partial charge >= 0.3 is 13.8 Å². The number of likely N-dealkylation sites (N-methyl/N-ethyl adjacent to an activating group) is 1. The molecule has 1 N–H and O–H groups in total. The minimum absolute atomic E-state index is 0.0854. The molecule has 0 radical (unpaired) electrons. The number of allylic oxidation sites excluding steroid dienone is 6. The number of phosphoric acid groups is 1. The van der Waals surface area contributed by atoms with Crippen LogP contribution in [0.3, 0.4) is 0 Å². The second-order valence-corrected chi connectivity index (χ2v) is 17.9. The first-order chi connectivity index (χ1) is 26.6. The van der Waals surface area contributed by atoms with Crippen LogP contribution >= 0.6 is 7.82 Å². The molecule has 0 aromatic rings. The third-order valence-electron chi connectivity index (χ3n) is 9.67. The summed E-state index contributed by atoms with van der Waals surface area (Å²) in [5.74, 6) is -0.322. The first-order valence-electron chi connectivity index (χ1n) is 22.7. The van der Waals surface area contributed by atoms with Gasteiger partial charge < -0.3 is 18.9 Å². The maximum absolute atomic E-state index is 12.7. The average Bonchev–Trinajstić information content (AvgIpc) is 3.13. The van der Waals surface area contributed by atoms with Gasteiger partial charge in [0, 0.05) is 13.0 Å². The second kappa shape index (κ2) is 39.5. The predicted octanol–water partition coefficient (Wildman–Crippen LogP) is 13.4. The zero-order valence-electron chi connectivity index (χ0n) is 36.7. The molecule has 2 atom stereocenters. The van der Waals surface area contributed by atoms with Crippen molar-refractivity contribution in [3.63, 3.8) is 0 Å². The van der Waals surface area contributed by atoms with Crippen molar-refractivity contribution in [2.24, 2.45) is 0 Å². The number of hydrogen-bond acceptors (Lipinski definition) is 6. The summed E-state index contributed by atoms with van der Waals surface area (Å²) < 4.78 is 35.0. The molecule has 0 aliphatic heterocycles. The van der Waals surface area contributed by atoms with E-state index in [2.05, 4.69) is 50.3 Å². The normalized spacial score (nSPS) is 14.1. The number of phosphoric ester groups is 1. The molecule has 0 saturated carbocycles. The summed E-state index contributed by atoms with van der Waals surface area (Å²) in [4.78, 5) is 22.9. The number of carbonyl (C=O) groups is 1. The molecule has 0 heterocycles. The quantitative estimate of drug-likeness (QED) is 0.0216. The van der Waals surface area contributed by atoms with Crippen LogP contribution in [-0.4, -0.2) is 75.6 Å². The summed E-state index contributed by atoms with van der Waals surface area (Å²) >= 11 is 0. The molecule has 0 amide bonds. The van der Waals surface area contributed by atoms with Gasteiger partial charge in [0.2, 0.25) is 0 Å². The van der Waals surface area contributed by atoms with Crippen molar-refractivity contribution in [1.29, 1.82) is 0 Å². The highest BCUT2D eigenvalue weighted by molar-refractivity contribution is 7.47. The van der Waals surface area contributed by atoms with Crippen LogP contribution in [0, 0.1) is 0 Å². The molecule has 8 nitrogen and oxygen atoms in total. The molecular formula is C46H89NO7P+. The molecule has 2 unspecified atom stereocenters. The molecule has 0 bridgehead atoms. The Morgan fingerprint density at radius 3 is 1.55 bits per heavy atom. The van der Waals surface area contributed by atoms with Crippen LogP contribution in [0.25, 0.3) is 0 Å². The molecular weight excluding hydrogens is 709 g/mol. The molecule has 9 heteroatoms. The number of unbranched alkanes of at least 4 members (excludes halogenated alkanes) is 22. The first-order valence-corrected chi connectivity index (χ1v) is 24.2. The number of nitrogens with zero attached hydrogens (tertiary/aromatic N) is 1. The van der Waals surface area contributed by atoms with Crippen LogP contribution < -0.4 is 0 Å². The molecule has 0 aliphatic carbocycles. The minimum Gasteiger partial charge on any atom is -0.457 e. The monoisotopic (exact) mass is 799 g/mol. The Labute approximate surface area is 340 Å². The van der Waals surface area contributed by atoms with E-state index in [-0.39, 0.29) is 25.8 Å². The topological polar surface area (TPSA) is 91.3 Å². The van der Waals surface area contributed by atoms with Crippen molar-refractivity contribution in [1.82, 2.24) is 0 Å². The lowest BCUT2D eigenvalue weighted by Gasteiger charge is -2.24. The highest BCUT2D eigenvalue weighted by atomic mass is 31.2. The number of quaternary nitrogens is 1. The van der Waals surface area contributed by atoms with Crippen molar-refractivity contribution < 1.29 is 37.3 Å². The first kappa shape index (κ1) is 53.7. The van der Waals surface area contributed by atoms with Crippen LogP contribution in [0.4, 0.5) is 0 Å². The fourth-order valence-electron chi connectivity index (χ4n) is 6.09. The maximum atomic E-state index is 12.7. The largest absolute Gasteiger partial charge is 0.472 e. The number of hydrogen-bond donors (Lipinski definition) is 1. The minimum atomic E-state index is -4.28. The molecule has 324 valence electrons. The van der Waals surface area contributed by atoms with E-state index in [0.29, 0.717) is 24.1 Å². The highest BCUT2D eigenvalue weighted by Gasteiger charge is 2.26. The van der Waals surface area contributed by atoms with Crippen LogP contribution in [-0.2, 0) is 27.9 Å². The van der Waals surface area contributed by atoms with Crippen LogP contribution in [0.15, 0.2) is 36.5 Å². The van der Waals surface area contributed by atoms with E-state index in [1.54, 1.807) is 0 Å². The van der Waals surface area contributed by atoms with Gasteiger partial charge in [-0.25, -0.2) is 4.57 Å². The van der Waals surface area contributed by atoms with Crippen molar-refractivity contribution in [3.8, 4) is 0 Å². The van der Waals surface area contributed by atoms with Gasteiger partial charge in [0.05, 0.1) is 34.4 Å². The van der Waals surface area contributed by atoms with Gasteiger partial charge in [0.1, 0.15) is 19.3 Å². The fourth-order valence-corrected chi connectivity index (χ4v) is 6.83. The number of ether oxygens (including phenoxy) is 2. The van der Waals surface area contributed by atoms with Gasteiger partial charge in [-0.05, 0) is 64.2 Å². The van der Waals surface area contributed by atoms with E-state index in [1.807, 2.05) is 21.1 Å². The Hall–Kier alpha value is -1.28. The highest BCUT2D eigenvalue weighted by Crippen LogP contribution is 2.43. The van der Waals surface area contributed by atoms with Gasteiger partial charge in [-0.15, -0.1) is 0 Å². The predicted molar refractivity (Wildman–Crippen MR) is 233 cm³/mol. The van der Waals surface area contributed by atoms with Gasteiger partial charge in [-0.1, -0.05) is 159 Å². The Morgan fingerprint density at radius 1 is 0.564 bits per heavy atom. The van der Waals surface area contributed by atoms with E-state index in [1.165, 1.54) is 128 Å². The van der Waals surface area contributed by atoms with E-state index in [9.17, 15) is 14.3 Å². The van der Waals surface area contributed by atoms with E-state index < -0.39 is 13.9 Å². The number of rotatable bonds is 42. The SMILES string of the molecule is CCCC/C=C\C/C=C\CCCCCCCCOCC(COP(=O)(O)OCC[N+](C)(C)C)OC(=O)CCCCCCCCC/C=C\CCCCCCCCC. The smallest absolute Gasteiger partial charge is 0.457 e. The Kier molecular flexibility index (Phi) is 38.6. The van der Waals surface area contributed by atoms with E-state index >= 15 is 0 Å². The van der Waals surface area contributed by atoms with Crippen LogP contribution in [0.1, 0.15) is 194 Å². The van der Waals surface area contributed by atoms with Gasteiger partial charge in [-0.2, -0.15) is 0 Å². The Bertz CT molecular complexity index is 978. The molecule has 0 aromatic carbocycles. The van der Waals surface area contributed by atoms with Crippen molar-refractivity contribution >= 4 is 13.8 Å². The fraction of sp³-hybridized carbons (Fsp3) is 0.848. The molecule has 55 heavy (non-hydrogen) atoms. The average molecular weight is 799 g/mol. The number of esters is 1. The molecule has 0 fully saturated rings. The van der Waals surface area contributed by atoms with Gasteiger partial charge in [0.15, 0.2) is 0 Å². The molecule has 0 spiro atoms. The summed E-state index contributed by atoms with van der Waals surface area (Å²) in [5, 5.41) is 0. The maximum Gasteiger partial charge on any atom is 0.472 e. The van der Waals surface area contributed by atoms with Crippen LogP contribution in [0.2, 0.25) is 0 Å². The molecule has 0 rings (SSSR count). The zero-order valence-corrected chi connectivity index (χ0v) is 37.6. The third kappa shape index (κ3) is 43.7. The van der Waals surface area contributed by atoms with Gasteiger partial charge in [-0.3, -0.25) is 13.8 Å². The van der Waals surface area contributed by atoms with E-state index in [4.69, 9.17) is 18.5 Å². The lowest BCUT2D eigenvalue weighted by atomic mass is 10.1. The third-order valence-corrected chi connectivity index (χ3v) is 10.7. The summed E-state index contributed by atoms with van der Waals surface area (Å²) in [7, 11) is 1.66. The van der Waals surface area contributed by atoms with Gasteiger partial charge in [0.25, 0.3) is 0 Å². The van der Waals surface area contributed by atoms with E-state index in [0.717, 1.165) is 44.9 Å². The standard InChI is InChI=1S/C46H88NO7P/c1-6-8-10-12-14-16-18-20-22-23-24-25-27-29-31-33-35-37-39-46(48)54-45(44-53-55(49,50)52-42-40-47(3,4)5)43-51-41-38-36-34-32-30-28-26-21-19-17-15-13-11-9-7-2/h13,15,19,21-23,45H,6-12,14,16-18,20,24-44H2,1-5H3/p+1/b15-13-,21-19-,23-22-. The summed E-state index contributed by atoms with van der Waals surface area (Å²) in [6.45, 7) is 5.56. The van der Waals surface area contributed by atoms with Crippen molar-refractivity contribution in [2.75, 3.05) is 54.1 Å². The molecule has 0 aromatic heterocycles. The molecule has 0 aliphatic rings. The van der Waals surface area contributed by atoms with Crippen molar-refractivity contribution in [2.45, 2.75) is 200 Å². The summed E-state index contributed by atoms with van der Waals surface area (Å²) in [6.07, 6.45) is 46.0.